The number of benzene rings is 1. The average Bonchev–Trinajstić information content (AvgIpc) is 3.03. The lowest BCUT2D eigenvalue weighted by atomic mass is 10.2. The first-order chi connectivity index (χ1) is 11.7. The van der Waals surface area contributed by atoms with Gasteiger partial charge in [0.15, 0.2) is 17.5 Å². The Hall–Kier alpha value is -1.19. The number of aliphatic imine (C=N–C) groups is 1. The van der Waals surface area contributed by atoms with E-state index in [1.807, 2.05) is 30.3 Å². The summed E-state index contributed by atoms with van der Waals surface area (Å²) in [5.41, 5.74) is 0. The molecule has 136 valence electrons. The molecule has 0 bridgehead atoms. The highest BCUT2D eigenvalue weighted by molar-refractivity contribution is 14.0. The van der Waals surface area contributed by atoms with Crippen molar-refractivity contribution in [3.05, 3.63) is 45.6 Å². The third-order valence-corrected chi connectivity index (χ3v) is 4.87. The smallest absolute Gasteiger partial charge is 0.191 e. The SMILES string of the molecule is CN=C(NCCc1ccc(Cl)s1)NCC1COc2ccccc2O1.I. The van der Waals surface area contributed by atoms with Gasteiger partial charge < -0.3 is 20.1 Å². The Morgan fingerprint density at radius 1 is 1.24 bits per heavy atom. The predicted molar refractivity (Wildman–Crippen MR) is 114 cm³/mol. The summed E-state index contributed by atoms with van der Waals surface area (Å²) >= 11 is 7.54. The minimum absolute atomic E-state index is 0. The molecule has 2 heterocycles. The maximum Gasteiger partial charge on any atom is 0.191 e. The van der Waals surface area contributed by atoms with E-state index in [1.54, 1.807) is 18.4 Å². The Kier molecular flexibility index (Phi) is 8.11. The summed E-state index contributed by atoms with van der Waals surface area (Å²) in [6, 6.07) is 11.7. The summed E-state index contributed by atoms with van der Waals surface area (Å²) < 4.78 is 12.4. The summed E-state index contributed by atoms with van der Waals surface area (Å²) in [6.45, 7) is 1.94. The Morgan fingerprint density at radius 3 is 2.76 bits per heavy atom. The summed E-state index contributed by atoms with van der Waals surface area (Å²) in [5, 5.41) is 6.56. The van der Waals surface area contributed by atoms with E-state index < -0.39 is 0 Å². The zero-order chi connectivity index (χ0) is 16.8. The van der Waals surface area contributed by atoms with Crippen LogP contribution in [-0.4, -0.2) is 38.8 Å². The van der Waals surface area contributed by atoms with Crippen molar-refractivity contribution in [2.24, 2.45) is 4.99 Å². The number of rotatable bonds is 5. The quantitative estimate of drug-likeness (QED) is 0.380. The molecule has 0 aliphatic carbocycles. The molecule has 0 fully saturated rings. The summed E-state index contributed by atoms with van der Waals surface area (Å²) in [7, 11) is 1.75. The van der Waals surface area contributed by atoms with Gasteiger partial charge in [-0.05, 0) is 30.7 Å². The molecule has 0 saturated carbocycles. The molecule has 1 unspecified atom stereocenters. The van der Waals surface area contributed by atoms with Gasteiger partial charge in [-0.25, -0.2) is 0 Å². The molecule has 1 aliphatic heterocycles. The molecule has 1 atom stereocenters. The monoisotopic (exact) mass is 493 g/mol. The molecule has 1 aromatic carbocycles. The van der Waals surface area contributed by atoms with Crippen LogP contribution in [0.5, 0.6) is 11.5 Å². The number of halogens is 2. The highest BCUT2D eigenvalue weighted by Crippen LogP contribution is 2.30. The molecule has 0 amide bonds. The lowest BCUT2D eigenvalue weighted by Crippen LogP contribution is -2.45. The summed E-state index contributed by atoms with van der Waals surface area (Å²) in [4.78, 5) is 5.48. The van der Waals surface area contributed by atoms with Crippen LogP contribution in [0.4, 0.5) is 0 Å². The van der Waals surface area contributed by atoms with Crippen molar-refractivity contribution in [2.45, 2.75) is 12.5 Å². The lowest BCUT2D eigenvalue weighted by molar-refractivity contribution is 0.0936. The number of para-hydroxylation sites is 2. The van der Waals surface area contributed by atoms with Crippen molar-refractivity contribution in [3.63, 3.8) is 0 Å². The normalized spacial score (nSPS) is 16.1. The molecular formula is C17H21ClIN3O2S. The van der Waals surface area contributed by atoms with E-state index in [0.717, 1.165) is 34.8 Å². The largest absolute Gasteiger partial charge is 0.486 e. The topological polar surface area (TPSA) is 54.9 Å². The molecule has 5 nitrogen and oxygen atoms in total. The molecule has 3 rings (SSSR count). The number of nitrogens with one attached hydrogen (secondary N) is 2. The van der Waals surface area contributed by atoms with Crippen LogP contribution >= 0.6 is 46.9 Å². The number of thiophene rings is 1. The zero-order valence-corrected chi connectivity index (χ0v) is 17.7. The van der Waals surface area contributed by atoms with E-state index in [1.165, 1.54) is 4.88 Å². The van der Waals surface area contributed by atoms with Crippen molar-refractivity contribution in [2.75, 3.05) is 26.7 Å². The van der Waals surface area contributed by atoms with E-state index in [9.17, 15) is 0 Å². The van der Waals surface area contributed by atoms with Crippen molar-refractivity contribution >= 4 is 52.9 Å². The molecule has 1 aliphatic rings. The Labute approximate surface area is 173 Å². The van der Waals surface area contributed by atoms with Gasteiger partial charge in [0.25, 0.3) is 0 Å². The maximum absolute atomic E-state index is 5.94. The van der Waals surface area contributed by atoms with E-state index >= 15 is 0 Å². The van der Waals surface area contributed by atoms with E-state index in [-0.39, 0.29) is 30.1 Å². The van der Waals surface area contributed by atoms with Crippen molar-refractivity contribution in [3.8, 4) is 11.5 Å². The number of guanidine groups is 1. The first-order valence-corrected chi connectivity index (χ1v) is 9.01. The molecule has 2 N–H and O–H groups in total. The van der Waals surface area contributed by atoms with Crippen LogP contribution in [0, 0.1) is 0 Å². The number of hydrogen-bond donors (Lipinski definition) is 2. The van der Waals surface area contributed by atoms with Crippen LogP contribution in [0.2, 0.25) is 4.34 Å². The van der Waals surface area contributed by atoms with Crippen LogP contribution in [0.25, 0.3) is 0 Å². The summed E-state index contributed by atoms with van der Waals surface area (Å²) in [6.07, 6.45) is 0.865. The fraction of sp³-hybridized carbons (Fsp3) is 0.353. The lowest BCUT2D eigenvalue weighted by Gasteiger charge is -2.27. The van der Waals surface area contributed by atoms with Gasteiger partial charge in [-0.1, -0.05) is 23.7 Å². The molecule has 0 radical (unpaired) electrons. The molecule has 0 spiro atoms. The minimum Gasteiger partial charge on any atom is -0.486 e. The Bertz CT molecular complexity index is 711. The zero-order valence-electron chi connectivity index (χ0n) is 13.8. The average molecular weight is 494 g/mol. The molecule has 0 saturated heterocycles. The van der Waals surface area contributed by atoms with E-state index in [2.05, 4.69) is 21.7 Å². The second-order valence-corrected chi connectivity index (χ2v) is 7.13. The van der Waals surface area contributed by atoms with Crippen LogP contribution in [0.1, 0.15) is 4.88 Å². The maximum atomic E-state index is 5.94. The number of fused-ring (bicyclic) bond motifs is 1. The Balaban J connectivity index is 0.00000225. The molecule has 25 heavy (non-hydrogen) atoms. The van der Waals surface area contributed by atoms with Gasteiger partial charge in [0, 0.05) is 18.5 Å². The Morgan fingerprint density at radius 2 is 2.04 bits per heavy atom. The minimum atomic E-state index is -0.0467. The van der Waals surface area contributed by atoms with E-state index in [0.29, 0.717) is 13.2 Å². The van der Waals surface area contributed by atoms with Gasteiger partial charge in [0.05, 0.1) is 10.9 Å². The molecular weight excluding hydrogens is 473 g/mol. The highest BCUT2D eigenvalue weighted by Gasteiger charge is 2.20. The first kappa shape index (κ1) is 20.1. The highest BCUT2D eigenvalue weighted by atomic mass is 127. The molecule has 8 heteroatoms. The number of ether oxygens (including phenoxy) is 2. The predicted octanol–water partition coefficient (Wildman–Crippen LogP) is 3.57. The number of nitrogens with zero attached hydrogens (tertiary/aromatic N) is 1. The van der Waals surface area contributed by atoms with Gasteiger partial charge >= 0.3 is 0 Å². The van der Waals surface area contributed by atoms with Crippen molar-refractivity contribution in [1.29, 1.82) is 0 Å². The van der Waals surface area contributed by atoms with Crippen LogP contribution in [-0.2, 0) is 6.42 Å². The van der Waals surface area contributed by atoms with Crippen molar-refractivity contribution in [1.82, 2.24) is 10.6 Å². The fourth-order valence-electron chi connectivity index (χ4n) is 2.39. The second-order valence-electron chi connectivity index (χ2n) is 5.33. The van der Waals surface area contributed by atoms with Crippen LogP contribution in [0.3, 0.4) is 0 Å². The third-order valence-electron chi connectivity index (χ3n) is 3.58. The molecule has 1 aromatic heterocycles. The number of hydrogen-bond acceptors (Lipinski definition) is 4. The van der Waals surface area contributed by atoms with Gasteiger partial charge in [0.1, 0.15) is 12.7 Å². The van der Waals surface area contributed by atoms with Crippen molar-refractivity contribution < 1.29 is 9.47 Å². The fourth-order valence-corrected chi connectivity index (χ4v) is 3.47. The van der Waals surface area contributed by atoms with Gasteiger partial charge in [-0.15, -0.1) is 35.3 Å². The van der Waals surface area contributed by atoms with Crippen LogP contribution in [0.15, 0.2) is 41.4 Å². The van der Waals surface area contributed by atoms with Gasteiger partial charge in [-0.3, -0.25) is 4.99 Å². The molecule has 2 aromatic rings. The van der Waals surface area contributed by atoms with E-state index in [4.69, 9.17) is 21.1 Å². The standard InChI is InChI=1S/C17H20ClN3O2S.HI/c1-19-17(20-9-8-13-6-7-16(18)24-13)21-10-12-11-22-14-4-2-3-5-15(14)23-12;/h2-7,12H,8-11H2,1H3,(H2,19,20,21);1H. The second kappa shape index (κ2) is 10.1. The van der Waals surface area contributed by atoms with Gasteiger partial charge in [-0.2, -0.15) is 0 Å². The third kappa shape index (κ3) is 5.93. The summed E-state index contributed by atoms with van der Waals surface area (Å²) in [5.74, 6) is 2.33. The van der Waals surface area contributed by atoms with Crippen LogP contribution < -0.4 is 20.1 Å². The van der Waals surface area contributed by atoms with Gasteiger partial charge in [0.2, 0.25) is 0 Å². The first-order valence-electron chi connectivity index (χ1n) is 7.82.